The van der Waals surface area contributed by atoms with E-state index in [4.69, 9.17) is 4.74 Å². The normalized spacial score (nSPS) is 30.6. The van der Waals surface area contributed by atoms with Gasteiger partial charge in [0.05, 0.1) is 17.6 Å². The summed E-state index contributed by atoms with van der Waals surface area (Å²) in [4.78, 5) is 40.4. The number of nitrogens with one attached hydrogen (secondary N) is 2. The molecule has 1 fully saturated rings. The van der Waals surface area contributed by atoms with E-state index in [0.29, 0.717) is 13.0 Å². The molecule has 0 aromatic heterocycles. The third-order valence-corrected chi connectivity index (χ3v) is 6.10. The molecule has 7 nitrogen and oxygen atoms in total. The molecule has 0 aliphatic carbocycles. The van der Waals surface area contributed by atoms with E-state index in [-0.39, 0.29) is 43.2 Å². The number of nitrogens with zero attached hydrogens (tertiary/aromatic N) is 1. The highest BCUT2D eigenvalue weighted by Gasteiger charge is 2.47. The van der Waals surface area contributed by atoms with Crippen LogP contribution in [0.15, 0.2) is 12.2 Å². The van der Waals surface area contributed by atoms with Crippen molar-refractivity contribution in [3.05, 3.63) is 12.2 Å². The Kier molecular flexibility index (Phi) is 8.62. The molecule has 0 saturated carbocycles. The van der Waals surface area contributed by atoms with Gasteiger partial charge in [0, 0.05) is 25.0 Å². The smallest absolute Gasteiger partial charge is 0.410 e. The molecule has 2 aliphatic heterocycles. The molecule has 0 radical (unpaired) electrons. The zero-order chi connectivity index (χ0) is 22.4. The number of carbonyl (C=O) groups is 3. The summed E-state index contributed by atoms with van der Waals surface area (Å²) in [6.45, 7) is 10.8. The lowest BCUT2D eigenvalue weighted by molar-refractivity contribution is -0.129. The summed E-state index contributed by atoms with van der Waals surface area (Å²) >= 11 is 0. The maximum atomic E-state index is 13.3. The number of hydrogen-bond acceptors (Lipinski definition) is 6. The SMILES string of the molecule is CC(C)N[C@]1(C)CCCC/C=C/COC(=O)N2CC[C@@](C(=O)C(C)C)(C2)NCC1=O. The van der Waals surface area contributed by atoms with Gasteiger partial charge in [-0.2, -0.15) is 0 Å². The molecule has 2 heterocycles. The summed E-state index contributed by atoms with van der Waals surface area (Å²) < 4.78 is 5.34. The van der Waals surface area contributed by atoms with E-state index in [1.807, 2.05) is 46.8 Å². The molecular weight excluding hydrogens is 382 g/mol. The molecule has 170 valence electrons. The number of ketones is 2. The van der Waals surface area contributed by atoms with Gasteiger partial charge in [0.1, 0.15) is 6.61 Å². The molecule has 2 N–H and O–H groups in total. The molecule has 30 heavy (non-hydrogen) atoms. The second-order valence-electron chi connectivity index (χ2n) is 9.47. The summed E-state index contributed by atoms with van der Waals surface area (Å²) in [5.41, 5.74) is -1.56. The van der Waals surface area contributed by atoms with E-state index in [1.165, 1.54) is 0 Å². The Balaban J connectivity index is 2.28. The van der Waals surface area contributed by atoms with Crippen molar-refractivity contribution in [2.24, 2.45) is 5.92 Å². The van der Waals surface area contributed by atoms with Crippen LogP contribution < -0.4 is 10.6 Å². The minimum Gasteiger partial charge on any atom is -0.445 e. The quantitative estimate of drug-likeness (QED) is 0.679. The number of cyclic esters (lactones) is 1. The Bertz CT molecular complexity index is 661. The second-order valence-corrected chi connectivity index (χ2v) is 9.47. The van der Waals surface area contributed by atoms with Crippen molar-refractivity contribution in [1.29, 1.82) is 0 Å². The topological polar surface area (TPSA) is 87.7 Å². The van der Waals surface area contributed by atoms with Crippen molar-refractivity contribution in [3.63, 3.8) is 0 Å². The van der Waals surface area contributed by atoms with Gasteiger partial charge in [0.25, 0.3) is 0 Å². The first-order valence-electron chi connectivity index (χ1n) is 11.3. The molecule has 0 aromatic rings. The lowest BCUT2D eigenvalue weighted by Crippen LogP contribution is -2.61. The fourth-order valence-corrected chi connectivity index (χ4v) is 4.46. The molecule has 7 heteroatoms. The largest absolute Gasteiger partial charge is 0.445 e. The van der Waals surface area contributed by atoms with Gasteiger partial charge in [0.2, 0.25) is 0 Å². The lowest BCUT2D eigenvalue weighted by atomic mass is 9.84. The third kappa shape index (κ3) is 6.14. The van der Waals surface area contributed by atoms with Crippen molar-refractivity contribution in [1.82, 2.24) is 15.5 Å². The van der Waals surface area contributed by atoms with Crippen LogP contribution in [0.3, 0.4) is 0 Å². The number of hydrogen-bond donors (Lipinski definition) is 2. The van der Waals surface area contributed by atoms with Crippen LogP contribution in [-0.4, -0.2) is 65.9 Å². The number of allylic oxidation sites excluding steroid dienone is 1. The average Bonchev–Trinajstić information content (AvgIpc) is 3.11. The molecule has 1 saturated heterocycles. The first-order valence-corrected chi connectivity index (χ1v) is 11.3. The van der Waals surface area contributed by atoms with Crippen LogP contribution in [0.1, 0.15) is 66.7 Å². The number of amides is 1. The van der Waals surface area contributed by atoms with Crippen molar-refractivity contribution in [2.45, 2.75) is 83.8 Å². The Morgan fingerprint density at radius 1 is 1.17 bits per heavy atom. The summed E-state index contributed by atoms with van der Waals surface area (Å²) in [5.74, 6) is -0.113. The number of fused-ring (bicyclic) bond motifs is 2. The summed E-state index contributed by atoms with van der Waals surface area (Å²) in [5, 5.41) is 6.73. The van der Waals surface area contributed by atoms with Gasteiger partial charge in [-0.15, -0.1) is 0 Å². The zero-order valence-corrected chi connectivity index (χ0v) is 19.3. The molecule has 0 unspecified atom stereocenters. The maximum absolute atomic E-state index is 13.3. The van der Waals surface area contributed by atoms with Gasteiger partial charge in [0.15, 0.2) is 11.6 Å². The lowest BCUT2D eigenvalue weighted by Gasteiger charge is -2.35. The Morgan fingerprint density at radius 3 is 2.57 bits per heavy atom. The predicted octanol–water partition coefficient (Wildman–Crippen LogP) is 2.84. The van der Waals surface area contributed by atoms with Crippen LogP contribution in [0.25, 0.3) is 0 Å². The Morgan fingerprint density at radius 2 is 1.90 bits per heavy atom. The summed E-state index contributed by atoms with van der Waals surface area (Å²) in [6, 6.07) is 0.174. The van der Waals surface area contributed by atoms with Crippen molar-refractivity contribution in [2.75, 3.05) is 26.2 Å². The van der Waals surface area contributed by atoms with Gasteiger partial charge in [-0.05, 0) is 46.5 Å². The van der Waals surface area contributed by atoms with Crippen LogP contribution in [-0.2, 0) is 14.3 Å². The fourth-order valence-electron chi connectivity index (χ4n) is 4.46. The van der Waals surface area contributed by atoms with Crippen LogP contribution >= 0.6 is 0 Å². The Hall–Kier alpha value is -1.73. The molecule has 2 bridgehead atoms. The minimum absolute atomic E-state index is 0.0325. The van der Waals surface area contributed by atoms with Crippen molar-refractivity contribution < 1.29 is 19.1 Å². The first-order chi connectivity index (χ1) is 14.1. The van der Waals surface area contributed by atoms with Gasteiger partial charge < -0.3 is 15.0 Å². The summed E-state index contributed by atoms with van der Waals surface area (Å²) in [7, 11) is 0. The number of rotatable bonds is 4. The zero-order valence-electron chi connectivity index (χ0n) is 19.3. The first kappa shape index (κ1) is 24.5. The van der Waals surface area contributed by atoms with E-state index >= 15 is 0 Å². The van der Waals surface area contributed by atoms with Crippen LogP contribution in [0, 0.1) is 5.92 Å². The number of carbonyl (C=O) groups excluding carboxylic acids is 3. The molecule has 2 rings (SSSR count). The van der Waals surface area contributed by atoms with E-state index in [0.717, 1.165) is 25.7 Å². The molecule has 2 aliphatic rings. The highest BCUT2D eigenvalue weighted by Crippen LogP contribution is 2.27. The Labute approximate surface area is 181 Å². The highest BCUT2D eigenvalue weighted by molar-refractivity contribution is 5.94. The fraction of sp³-hybridized carbons (Fsp3) is 0.783. The van der Waals surface area contributed by atoms with Crippen LogP contribution in [0.5, 0.6) is 0 Å². The molecule has 0 spiro atoms. The van der Waals surface area contributed by atoms with Gasteiger partial charge in [-0.25, -0.2) is 4.79 Å². The van der Waals surface area contributed by atoms with Gasteiger partial charge in [-0.1, -0.05) is 32.4 Å². The summed E-state index contributed by atoms with van der Waals surface area (Å²) in [6.07, 6.45) is 7.45. The molecule has 2 atom stereocenters. The minimum atomic E-state index is -0.908. The van der Waals surface area contributed by atoms with E-state index in [1.54, 1.807) is 4.90 Å². The van der Waals surface area contributed by atoms with Crippen molar-refractivity contribution >= 4 is 17.7 Å². The standard InChI is InChI=1S/C23H39N3O4/c1-17(2)20(28)23-12-13-26(16-23)21(29)30-14-10-8-6-7-9-11-22(5,25-18(3)4)19(27)15-24-23/h8,10,17-18,24-25H,6-7,9,11-16H2,1-5H3/b10-8+/t22-,23+/m1/s1. The molecule has 0 aromatic carbocycles. The number of Topliss-reactive ketones (excluding diaryl/α,β-unsaturated/α-hetero) is 2. The third-order valence-electron chi connectivity index (χ3n) is 6.10. The average molecular weight is 422 g/mol. The van der Waals surface area contributed by atoms with E-state index in [2.05, 4.69) is 10.6 Å². The molecule has 1 amide bonds. The van der Waals surface area contributed by atoms with Crippen LogP contribution in [0.2, 0.25) is 0 Å². The monoisotopic (exact) mass is 421 g/mol. The van der Waals surface area contributed by atoms with E-state index < -0.39 is 17.2 Å². The van der Waals surface area contributed by atoms with Crippen LogP contribution in [0.4, 0.5) is 4.79 Å². The second kappa shape index (κ2) is 10.5. The predicted molar refractivity (Wildman–Crippen MR) is 117 cm³/mol. The molecular formula is C23H39N3O4. The highest BCUT2D eigenvalue weighted by atomic mass is 16.6. The number of ether oxygens (including phenoxy) is 1. The van der Waals surface area contributed by atoms with Gasteiger partial charge >= 0.3 is 6.09 Å². The van der Waals surface area contributed by atoms with Crippen molar-refractivity contribution in [3.8, 4) is 0 Å². The van der Waals surface area contributed by atoms with E-state index in [9.17, 15) is 14.4 Å². The maximum Gasteiger partial charge on any atom is 0.410 e. The van der Waals surface area contributed by atoms with Gasteiger partial charge in [-0.3, -0.25) is 14.9 Å².